The van der Waals surface area contributed by atoms with Crippen molar-refractivity contribution in [2.75, 3.05) is 20.3 Å². The predicted octanol–water partition coefficient (Wildman–Crippen LogP) is 2.27. The second kappa shape index (κ2) is 11.0. The van der Waals surface area contributed by atoms with Gasteiger partial charge in [-0.25, -0.2) is 0 Å². The largest absolute Gasteiger partial charge is 0.461 e. The normalized spacial score (nSPS) is 26.7. The first kappa shape index (κ1) is 25.9. The summed E-state index contributed by atoms with van der Waals surface area (Å²) in [6.07, 6.45) is 1.04. The van der Waals surface area contributed by atoms with Gasteiger partial charge in [0.05, 0.1) is 18.8 Å². The first-order chi connectivity index (χ1) is 15.0. The standard InChI is InChI=1S/C23H34O9/c1-13(2)7-19(25)31-18-9-17-16(10-29-15(5)24)11-30-22(32-20(26)8-14(3)4)21(17)23(18,27)12-28-6/h9,11,13-14,18,21-22,27H,7-8,10,12H2,1-6H3. The van der Waals surface area contributed by atoms with E-state index >= 15 is 0 Å². The lowest BCUT2D eigenvalue weighted by molar-refractivity contribution is -0.215. The summed E-state index contributed by atoms with van der Waals surface area (Å²) in [4.78, 5) is 36.0. The van der Waals surface area contributed by atoms with E-state index in [0.29, 0.717) is 11.1 Å². The highest BCUT2D eigenvalue weighted by Crippen LogP contribution is 2.47. The number of ether oxygens (including phenoxy) is 5. The smallest absolute Gasteiger partial charge is 0.309 e. The molecule has 0 amide bonds. The van der Waals surface area contributed by atoms with Crippen LogP contribution in [0, 0.1) is 17.8 Å². The van der Waals surface area contributed by atoms with E-state index in [-0.39, 0.29) is 37.9 Å². The third-order valence-electron chi connectivity index (χ3n) is 5.15. The molecule has 9 heteroatoms. The molecule has 0 fully saturated rings. The van der Waals surface area contributed by atoms with E-state index in [1.54, 1.807) is 6.08 Å². The molecule has 1 N–H and O–H groups in total. The molecule has 4 unspecified atom stereocenters. The van der Waals surface area contributed by atoms with E-state index in [2.05, 4.69) is 0 Å². The summed E-state index contributed by atoms with van der Waals surface area (Å²) in [7, 11) is 1.40. The van der Waals surface area contributed by atoms with E-state index in [1.165, 1.54) is 20.3 Å². The number of carbonyl (C=O) groups excluding carboxylic acids is 3. The van der Waals surface area contributed by atoms with Crippen LogP contribution in [0.4, 0.5) is 0 Å². The molecule has 9 nitrogen and oxygen atoms in total. The molecule has 2 rings (SSSR count). The molecule has 1 aliphatic carbocycles. The molecule has 0 radical (unpaired) electrons. The Bertz CT molecular complexity index is 767. The lowest BCUT2D eigenvalue weighted by Crippen LogP contribution is -2.55. The number of hydrogen-bond acceptors (Lipinski definition) is 9. The SMILES string of the molecule is COCC1(O)C(OC(=O)CC(C)C)C=C2C(COC(C)=O)=COC(OC(=O)CC(C)C)C21. The highest BCUT2D eigenvalue weighted by molar-refractivity contribution is 5.71. The number of esters is 3. The van der Waals surface area contributed by atoms with Crippen LogP contribution in [-0.4, -0.2) is 61.3 Å². The minimum atomic E-state index is -1.75. The van der Waals surface area contributed by atoms with E-state index < -0.39 is 41.8 Å². The molecule has 180 valence electrons. The maximum absolute atomic E-state index is 12.4. The van der Waals surface area contributed by atoms with Gasteiger partial charge in [-0.3, -0.25) is 14.4 Å². The Morgan fingerprint density at radius 3 is 2.22 bits per heavy atom. The molecule has 2 aliphatic rings. The fourth-order valence-corrected chi connectivity index (χ4v) is 3.81. The molecule has 0 bridgehead atoms. The van der Waals surface area contributed by atoms with Crippen LogP contribution in [0.1, 0.15) is 47.5 Å². The summed E-state index contributed by atoms with van der Waals surface area (Å²) in [5, 5.41) is 11.6. The van der Waals surface area contributed by atoms with Crippen LogP contribution in [0.15, 0.2) is 23.5 Å². The Hall–Kier alpha value is -2.39. The molecule has 0 spiro atoms. The third kappa shape index (κ3) is 6.32. The molecule has 0 aromatic rings. The van der Waals surface area contributed by atoms with Crippen molar-refractivity contribution >= 4 is 17.9 Å². The van der Waals surface area contributed by atoms with Crippen LogP contribution in [-0.2, 0) is 38.1 Å². The first-order valence-corrected chi connectivity index (χ1v) is 10.8. The Balaban J connectivity index is 2.39. The highest BCUT2D eigenvalue weighted by atomic mass is 16.7. The van der Waals surface area contributed by atoms with Gasteiger partial charge in [-0.1, -0.05) is 27.7 Å². The van der Waals surface area contributed by atoms with Gasteiger partial charge in [0.25, 0.3) is 6.29 Å². The molecule has 1 aliphatic heterocycles. The minimum absolute atomic E-state index is 0.0712. The average molecular weight is 455 g/mol. The lowest BCUT2D eigenvalue weighted by atomic mass is 9.82. The molecule has 0 saturated heterocycles. The van der Waals surface area contributed by atoms with Crippen LogP contribution in [0.5, 0.6) is 0 Å². The van der Waals surface area contributed by atoms with Gasteiger partial charge in [0.2, 0.25) is 0 Å². The van der Waals surface area contributed by atoms with Gasteiger partial charge in [-0.2, -0.15) is 0 Å². The lowest BCUT2D eigenvalue weighted by Gasteiger charge is -2.40. The van der Waals surface area contributed by atoms with Crippen molar-refractivity contribution in [3.63, 3.8) is 0 Å². The number of hydrogen-bond donors (Lipinski definition) is 1. The summed E-state index contributed by atoms with van der Waals surface area (Å²) in [5.41, 5.74) is -0.769. The molecule has 0 aromatic heterocycles. The van der Waals surface area contributed by atoms with Gasteiger partial charge >= 0.3 is 17.9 Å². The van der Waals surface area contributed by atoms with Gasteiger partial charge in [0, 0.05) is 32.4 Å². The van der Waals surface area contributed by atoms with Crippen LogP contribution in [0.3, 0.4) is 0 Å². The topological polar surface area (TPSA) is 118 Å². The van der Waals surface area contributed by atoms with Crippen molar-refractivity contribution in [1.29, 1.82) is 0 Å². The van der Waals surface area contributed by atoms with Gasteiger partial charge in [-0.05, 0) is 23.5 Å². The zero-order valence-corrected chi connectivity index (χ0v) is 19.6. The Labute approximate surface area is 188 Å². The fourth-order valence-electron chi connectivity index (χ4n) is 3.81. The van der Waals surface area contributed by atoms with Gasteiger partial charge in [0.1, 0.15) is 12.2 Å². The van der Waals surface area contributed by atoms with Crippen LogP contribution < -0.4 is 0 Å². The summed E-state index contributed by atoms with van der Waals surface area (Å²) in [6, 6.07) is 0. The van der Waals surface area contributed by atoms with Crippen molar-refractivity contribution in [3.05, 3.63) is 23.5 Å². The number of methoxy groups -OCH3 is 1. The van der Waals surface area contributed by atoms with Gasteiger partial charge in [-0.15, -0.1) is 0 Å². The van der Waals surface area contributed by atoms with E-state index in [0.717, 1.165) is 0 Å². The molecular formula is C23H34O9. The number of carbonyl (C=O) groups is 3. The van der Waals surface area contributed by atoms with Crippen LogP contribution >= 0.6 is 0 Å². The van der Waals surface area contributed by atoms with E-state index in [4.69, 9.17) is 23.7 Å². The third-order valence-corrected chi connectivity index (χ3v) is 5.15. The van der Waals surface area contributed by atoms with Crippen molar-refractivity contribution in [1.82, 2.24) is 0 Å². The Kier molecular flexibility index (Phi) is 8.86. The number of fused-ring (bicyclic) bond motifs is 1. The fraction of sp³-hybridized carbons (Fsp3) is 0.696. The average Bonchev–Trinajstić information content (AvgIpc) is 2.92. The van der Waals surface area contributed by atoms with Gasteiger partial charge in [0.15, 0.2) is 6.10 Å². The zero-order valence-electron chi connectivity index (χ0n) is 19.6. The molecule has 0 aromatic carbocycles. The second-order valence-corrected chi connectivity index (χ2v) is 9.05. The van der Waals surface area contributed by atoms with Crippen LogP contribution in [0.2, 0.25) is 0 Å². The Morgan fingerprint density at radius 2 is 1.69 bits per heavy atom. The number of aliphatic hydroxyl groups is 1. The summed E-state index contributed by atoms with van der Waals surface area (Å²) < 4.78 is 27.1. The summed E-state index contributed by atoms with van der Waals surface area (Å²) in [6.45, 7) is 8.48. The monoisotopic (exact) mass is 454 g/mol. The van der Waals surface area contributed by atoms with E-state index in [1.807, 2.05) is 27.7 Å². The van der Waals surface area contributed by atoms with E-state index in [9.17, 15) is 19.5 Å². The summed E-state index contributed by atoms with van der Waals surface area (Å²) >= 11 is 0. The molecule has 4 atom stereocenters. The maximum Gasteiger partial charge on any atom is 0.309 e. The quantitative estimate of drug-likeness (QED) is 0.392. The molecule has 1 heterocycles. The number of rotatable bonds is 10. The molecular weight excluding hydrogens is 420 g/mol. The van der Waals surface area contributed by atoms with Crippen molar-refractivity contribution in [3.8, 4) is 0 Å². The molecule has 0 saturated carbocycles. The minimum Gasteiger partial charge on any atom is -0.461 e. The van der Waals surface area contributed by atoms with Crippen molar-refractivity contribution < 1.29 is 43.2 Å². The van der Waals surface area contributed by atoms with Gasteiger partial charge < -0.3 is 28.8 Å². The predicted molar refractivity (Wildman–Crippen MR) is 113 cm³/mol. The molecule has 32 heavy (non-hydrogen) atoms. The second-order valence-electron chi connectivity index (χ2n) is 9.05. The summed E-state index contributed by atoms with van der Waals surface area (Å²) in [5.74, 6) is -2.22. The Morgan fingerprint density at radius 1 is 1.09 bits per heavy atom. The van der Waals surface area contributed by atoms with Crippen molar-refractivity contribution in [2.45, 2.75) is 65.5 Å². The highest BCUT2D eigenvalue weighted by Gasteiger charge is 2.58. The first-order valence-electron chi connectivity index (χ1n) is 10.8. The maximum atomic E-state index is 12.4. The van der Waals surface area contributed by atoms with Crippen LogP contribution in [0.25, 0.3) is 0 Å². The van der Waals surface area contributed by atoms with Crippen molar-refractivity contribution in [2.24, 2.45) is 17.8 Å². The zero-order chi connectivity index (χ0) is 24.1.